The molecule has 0 saturated carbocycles. The summed E-state index contributed by atoms with van der Waals surface area (Å²) in [6.07, 6.45) is 3.84. The fraction of sp³-hybridized carbons (Fsp3) is 0.882. The van der Waals surface area contributed by atoms with Crippen molar-refractivity contribution in [3.05, 3.63) is 0 Å². The van der Waals surface area contributed by atoms with Gasteiger partial charge in [-0.25, -0.2) is 0 Å². The molecule has 0 bridgehead atoms. The number of hydrogen-bond donors (Lipinski definition) is 3. The summed E-state index contributed by atoms with van der Waals surface area (Å²) in [6.45, 7) is 10.2. The highest BCUT2D eigenvalue weighted by molar-refractivity contribution is 14.0. The lowest BCUT2D eigenvalue weighted by molar-refractivity contribution is -0.121. The van der Waals surface area contributed by atoms with E-state index in [4.69, 9.17) is 9.47 Å². The largest absolute Gasteiger partial charge is 0.379 e. The van der Waals surface area contributed by atoms with Crippen LogP contribution >= 0.6 is 24.0 Å². The molecule has 1 amide bonds. The summed E-state index contributed by atoms with van der Waals surface area (Å²) in [6, 6.07) is 0.175. The fourth-order valence-corrected chi connectivity index (χ4v) is 2.38. The van der Waals surface area contributed by atoms with Crippen LogP contribution in [0.2, 0.25) is 0 Å². The molecule has 1 rings (SSSR count). The van der Waals surface area contributed by atoms with Gasteiger partial charge in [0.1, 0.15) is 0 Å². The van der Waals surface area contributed by atoms with Crippen LogP contribution in [0, 0.1) is 0 Å². The zero-order chi connectivity index (χ0) is 17.6. The molecule has 1 fully saturated rings. The molecule has 0 spiro atoms. The molecule has 1 aliphatic heterocycles. The fourth-order valence-electron chi connectivity index (χ4n) is 2.38. The highest BCUT2D eigenvalue weighted by atomic mass is 127. The molecule has 1 unspecified atom stereocenters. The Morgan fingerprint density at radius 2 is 2.16 bits per heavy atom. The monoisotopic (exact) mass is 470 g/mol. The molecule has 1 saturated heterocycles. The molecule has 1 atom stereocenters. The number of amides is 1. The quantitative estimate of drug-likeness (QED) is 0.185. The van der Waals surface area contributed by atoms with E-state index in [0.717, 1.165) is 38.4 Å². The van der Waals surface area contributed by atoms with Gasteiger partial charge in [-0.3, -0.25) is 9.79 Å². The maximum absolute atomic E-state index is 11.6. The van der Waals surface area contributed by atoms with E-state index in [1.807, 2.05) is 20.8 Å². The third kappa shape index (κ3) is 13.3. The number of rotatable bonds is 11. The minimum absolute atomic E-state index is 0. The van der Waals surface area contributed by atoms with Crippen LogP contribution in [0.3, 0.4) is 0 Å². The third-order valence-corrected chi connectivity index (χ3v) is 3.48. The van der Waals surface area contributed by atoms with Crippen LogP contribution < -0.4 is 16.0 Å². The first-order valence-corrected chi connectivity index (χ1v) is 9.12. The molecule has 0 aromatic rings. The summed E-state index contributed by atoms with van der Waals surface area (Å²) in [4.78, 5) is 16.1. The minimum atomic E-state index is 0. The van der Waals surface area contributed by atoms with Crippen molar-refractivity contribution < 1.29 is 14.3 Å². The van der Waals surface area contributed by atoms with E-state index < -0.39 is 0 Å². The Morgan fingerprint density at radius 1 is 1.36 bits per heavy atom. The van der Waals surface area contributed by atoms with E-state index in [2.05, 4.69) is 20.9 Å². The highest BCUT2D eigenvalue weighted by Gasteiger charge is 2.14. The predicted molar refractivity (Wildman–Crippen MR) is 112 cm³/mol. The minimum Gasteiger partial charge on any atom is -0.379 e. The SMILES string of the molecule is CCNC(=NCCCOCC1CCCO1)NCCC(=O)NC(C)C.I. The van der Waals surface area contributed by atoms with Crippen molar-refractivity contribution in [3.63, 3.8) is 0 Å². The number of carbonyl (C=O) groups excluding carboxylic acids is 1. The first kappa shape index (κ1) is 24.4. The van der Waals surface area contributed by atoms with Crippen LogP contribution in [0.15, 0.2) is 4.99 Å². The second-order valence-electron chi connectivity index (χ2n) is 6.22. The van der Waals surface area contributed by atoms with Gasteiger partial charge < -0.3 is 25.4 Å². The van der Waals surface area contributed by atoms with Crippen LogP contribution in [-0.4, -0.2) is 63.5 Å². The van der Waals surface area contributed by atoms with Gasteiger partial charge in [0, 0.05) is 45.3 Å². The summed E-state index contributed by atoms with van der Waals surface area (Å²) in [5.74, 6) is 0.796. The molecular weight excluding hydrogens is 435 g/mol. The average molecular weight is 470 g/mol. The van der Waals surface area contributed by atoms with Gasteiger partial charge in [-0.1, -0.05) is 0 Å². The van der Waals surface area contributed by atoms with Crippen molar-refractivity contribution in [1.29, 1.82) is 0 Å². The highest BCUT2D eigenvalue weighted by Crippen LogP contribution is 2.11. The maximum Gasteiger partial charge on any atom is 0.221 e. The summed E-state index contributed by atoms with van der Waals surface area (Å²) in [5, 5.41) is 9.23. The normalized spacial score (nSPS) is 17.3. The van der Waals surface area contributed by atoms with E-state index in [9.17, 15) is 4.79 Å². The van der Waals surface area contributed by atoms with Crippen LogP contribution in [0.5, 0.6) is 0 Å². The predicted octanol–water partition coefficient (Wildman–Crippen LogP) is 1.66. The number of carbonyl (C=O) groups is 1. The number of nitrogens with zero attached hydrogens (tertiary/aromatic N) is 1. The first-order valence-electron chi connectivity index (χ1n) is 9.12. The van der Waals surface area contributed by atoms with E-state index in [0.29, 0.717) is 32.7 Å². The van der Waals surface area contributed by atoms with Gasteiger partial charge >= 0.3 is 0 Å². The van der Waals surface area contributed by atoms with Gasteiger partial charge in [0.25, 0.3) is 0 Å². The zero-order valence-corrected chi connectivity index (χ0v) is 18.1. The van der Waals surface area contributed by atoms with Crippen molar-refractivity contribution in [1.82, 2.24) is 16.0 Å². The zero-order valence-electron chi connectivity index (χ0n) is 15.8. The Kier molecular flexibility index (Phi) is 15.2. The third-order valence-electron chi connectivity index (χ3n) is 3.48. The van der Waals surface area contributed by atoms with Crippen LogP contribution in [0.4, 0.5) is 0 Å². The van der Waals surface area contributed by atoms with Gasteiger partial charge in [-0.05, 0) is 40.0 Å². The lowest BCUT2D eigenvalue weighted by Gasteiger charge is -2.12. The lowest BCUT2D eigenvalue weighted by Crippen LogP contribution is -2.40. The van der Waals surface area contributed by atoms with Gasteiger partial charge in [-0.15, -0.1) is 24.0 Å². The molecule has 148 valence electrons. The number of aliphatic imine (C=N–C) groups is 1. The van der Waals surface area contributed by atoms with E-state index >= 15 is 0 Å². The Balaban J connectivity index is 0.00000576. The number of hydrogen-bond acceptors (Lipinski definition) is 4. The smallest absolute Gasteiger partial charge is 0.221 e. The molecule has 8 heteroatoms. The summed E-state index contributed by atoms with van der Waals surface area (Å²) < 4.78 is 11.1. The topological polar surface area (TPSA) is 84.0 Å². The second-order valence-corrected chi connectivity index (χ2v) is 6.22. The van der Waals surface area contributed by atoms with Crippen LogP contribution in [-0.2, 0) is 14.3 Å². The van der Waals surface area contributed by atoms with Crippen molar-refractivity contribution in [2.45, 2.75) is 58.6 Å². The standard InChI is InChI=1S/C17H34N4O3.HI/c1-4-18-17(20-10-8-16(22)21-14(2)3)19-9-6-11-23-13-15-7-5-12-24-15;/h14-15H,4-13H2,1-3H3,(H,21,22)(H2,18,19,20);1H. The molecule has 7 nitrogen and oxygen atoms in total. The Morgan fingerprint density at radius 3 is 2.80 bits per heavy atom. The molecule has 0 aromatic heterocycles. The number of nitrogens with one attached hydrogen (secondary N) is 3. The van der Waals surface area contributed by atoms with E-state index in [1.54, 1.807) is 0 Å². The molecule has 0 aromatic carbocycles. The van der Waals surface area contributed by atoms with Gasteiger partial charge in [-0.2, -0.15) is 0 Å². The lowest BCUT2D eigenvalue weighted by atomic mass is 10.2. The Hall–Kier alpha value is -0.610. The number of halogens is 1. The van der Waals surface area contributed by atoms with Gasteiger partial charge in [0.2, 0.25) is 5.91 Å². The first-order chi connectivity index (χ1) is 11.6. The average Bonchev–Trinajstić information content (AvgIpc) is 3.03. The number of ether oxygens (including phenoxy) is 2. The summed E-state index contributed by atoms with van der Waals surface area (Å²) in [7, 11) is 0. The van der Waals surface area contributed by atoms with Gasteiger partial charge in [0.15, 0.2) is 5.96 Å². The Bertz CT molecular complexity index is 375. The summed E-state index contributed by atoms with van der Waals surface area (Å²) in [5.41, 5.74) is 0. The van der Waals surface area contributed by atoms with E-state index in [-0.39, 0.29) is 42.0 Å². The second kappa shape index (κ2) is 15.6. The number of guanidine groups is 1. The molecule has 1 heterocycles. The Labute approximate surface area is 169 Å². The van der Waals surface area contributed by atoms with Crippen molar-refractivity contribution in [2.75, 3.05) is 39.5 Å². The molecule has 0 aliphatic carbocycles. The van der Waals surface area contributed by atoms with Crippen LogP contribution in [0.25, 0.3) is 0 Å². The van der Waals surface area contributed by atoms with Crippen molar-refractivity contribution in [3.8, 4) is 0 Å². The van der Waals surface area contributed by atoms with E-state index in [1.165, 1.54) is 0 Å². The maximum atomic E-state index is 11.6. The molecule has 3 N–H and O–H groups in total. The summed E-state index contributed by atoms with van der Waals surface area (Å²) >= 11 is 0. The molecule has 25 heavy (non-hydrogen) atoms. The van der Waals surface area contributed by atoms with Gasteiger partial charge in [0.05, 0.1) is 12.7 Å². The molecular formula is C17H35IN4O3. The van der Waals surface area contributed by atoms with Crippen molar-refractivity contribution >= 4 is 35.8 Å². The molecule has 0 radical (unpaired) electrons. The van der Waals surface area contributed by atoms with Crippen LogP contribution in [0.1, 0.15) is 46.5 Å². The van der Waals surface area contributed by atoms with Crippen molar-refractivity contribution in [2.24, 2.45) is 4.99 Å². The molecule has 1 aliphatic rings.